The Morgan fingerprint density at radius 2 is 1.84 bits per heavy atom. The van der Waals surface area contributed by atoms with E-state index in [0.717, 1.165) is 48.2 Å². The molecule has 0 atom stereocenters. The summed E-state index contributed by atoms with van der Waals surface area (Å²) in [7, 11) is 1.67. The van der Waals surface area contributed by atoms with Crippen LogP contribution >= 0.6 is 11.8 Å². The Bertz CT molecular complexity index is 1000. The van der Waals surface area contributed by atoms with Crippen LogP contribution in [0.4, 0.5) is 0 Å². The molecular formula is C24H29N3O4S. The average molecular weight is 456 g/mol. The van der Waals surface area contributed by atoms with Gasteiger partial charge in [0.25, 0.3) is 0 Å². The second kappa shape index (κ2) is 12.1. The Morgan fingerprint density at radius 3 is 2.53 bits per heavy atom. The zero-order chi connectivity index (χ0) is 22.8. The molecule has 0 unspecified atom stereocenters. The van der Waals surface area contributed by atoms with Gasteiger partial charge < -0.3 is 18.8 Å². The van der Waals surface area contributed by atoms with E-state index in [1.807, 2.05) is 19.1 Å². The number of rotatable bonds is 13. The highest BCUT2D eigenvalue weighted by Gasteiger charge is 2.12. The van der Waals surface area contributed by atoms with Crippen LogP contribution in [0.15, 0.2) is 47.6 Å². The van der Waals surface area contributed by atoms with Crippen molar-refractivity contribution in [3.63, 3.8) is 0 Å². The standard InChI is InChI=1S/C24H29N3O4S/c1-4-27-23(16-18-7-10-20(29-3)11-8-18)25-26-24(27)32-14-6-13-31-21-12-9-19(17-28)15-22(21)30-5-2/h7-12,15,17H,4-6,13-14,16H2,1-3H3. The highest BCUT2D eigenvalue weighted by atomic mass is 32.2. The molecule has 0 aliphatic carbocycles. The first-order chi connectivity index (χ1) is 15.7. The van der Waals surface area contributed by atoms with E-state index in [4.69, 9.17) is 14.2 Å². The fraction of sp³-hybridized carbons (Fsp3) is 0.375. The number of methoxy groups -OCH3 is 1. The maximum Gasteiger partial charge on any atom is 0.191 e. The third-order valence-corrected chi connectivity index (χ3v) is 5.87. The fourth-order valence-electron chi connectivity index (χ4n) is 3.19. The Hall–Kier alpha value is -3.00. The van der Waals surface area contributed by atoms with Gasteiger partial charge in [-0.1, -0.05) is 23.9 Å². The summed E-state index contributed by atoms with van der Waals surface area (Å²) in [5.74, 6) is 3.90. The Kier molecular flexibility index (Phi) is 8.98. The van der Waals surface area contributed by atoms with E-state index in [2.05, 4.69) is 33.8 Å². The number of benzene rings is 2. The van der Waals surface area contributed by atoms with Gasteiger partial charge >= 0.3 is 0 Å². The molecule has 3 rings (SSSR count). The van der Waals surface area contributed by atoms with Gasteiger partial charge in [-0.2, -0.15) is 0 Å². The normalized spacial score (nSPS) is 10.7. The highest BCUT2D eigenvalue weighted by molar-refractivity contribution is 7.99. The lowest BCUT2D eigenvalue weighted by atomic mass is 10.1. The van der Waals surface area contributed by atoms with Crippen LogP contribution < -0.4 is 14.2 Å². The molecular weight excluding hydrogens is 426 g/mol. The third kappa shape index (κ3) is 6.26. The van der Waals surface area contributed by atoms with E-state index in [1.165, 1.54) is 5.56 Å². The van der Waals surface area contributed by atoms with E-state index in [0.29, 0.717) is 30.3 Å². The zero-order valence-corrected chi connectivity index (χ0v) is 19.6. The topological polar surface area (TPSA) is 75.5 Å². The predicted octanol–water partition coefficient (Wildman–Crippen LogP) is 4.67. The molecule has 0 aliphatic heterocycles. The van der Waals surface area contributed by atoms with Crippen molar-refractivity contribution < 1.29 is 19.0 Å². The second-order valence-electron chi connectivity index (χ2n) is 6.98. The number of ether oxygens (including phenoxy) is 3. The zero-order valence-electron chi connectivity index (χ0n) is 18.7. The van der Waals surface area contributed by atoms with Gasteiger partial charge in [0, 0.05) is 24.3 Å². The quantitative estimate of drug-likeness (QED) is 0.211. The van der Waals surface area contributed by atoms with Crippen molar-refractivity contribution in [2.75, 3.05) is 26.1 Å². The highest BCUT2D eigenvalue weighted by Crippen LogP contribution is 2.28. The Morgan fingerprint density at radius 1 is 1.03 bits per heavy atom. The molecule has 32 heavy (non-hydrogen) atoms. The van der Waals surface area contributed by atoms with Crippen molar-refractivity contribution in [1.29, 1.82) is 0 Å². The van der Waals surface area contributed by atoms with E-state index in [1.54, 1.807) is 37.1 Å². The smallest absolute Gasteiger partial charge is 0.191 e. The molecule has 0 spiro atoms. The molecule has 170 valence electrons. The average Bonchev–Trinajstić information content (AvgIpc) is 3.21. The largest absolute Gasteiger partial charge is 0.497 e. The molecule has 0 fully saturated rings. The van der Waals surface area contributed by atoms with Gasteiger partial charge in [-0.3, -0.25) is 4.79 Å². The molecule has 0 saturated heterocycles. The number of aldehydes is 1. The van der Waals surface area contributed by atoms with Crippen LogP contribution in [0.2, 0.25) is 0 Å². The van der Waals surface area contributed by atoms with Gasteiger partial charge in [-0.05, 0) is 56.2 Å². The van der Waals surface area contributed by atoms with Crippen molar-refractivity contribution in [3.8, 4) is 17.2 Å². The molecule has 0 N–H and O–H groups in total. The number of thioether (sulfide) groups is 1. The second-order valence-corrected chi connectivity index (χ2v) is 8.04. The van der Waals surface area contributed by atoms with Crippen molar-refractivity contribution in [3.05, 3.63) is 59.4 Å². The van der Waals surface area contributed by atoms with E-state index < -0.39 is 0 Å². The summed E-state index contributed by atoms with van der Waals surface area (Å²) in [5, 5.41) is 9.71. The SMILES string of the molecule is CCOc1cc(C=O)ccc1OCCCSc1nnc(Cc2ccc(OC)cc2)n1CC. The molecule has 0 bridgehead atoms. The molecule has 0 aliphatic rings. The van der Waals surface area contributed by atoms with Gasteiger partial charge in [0.1, 0.15) is 17.9 Å². The monoisotopic (exact) mass is 455 g/mol. The van der Waals surface area contributed by atoms with Crippen LogP contribution in [-0.4, -0.2) is 47.1 Å². The Labute approximate surface area is 193 Å². The molecule has 0 amide bonds. The van der Waals surface area contributed by atoms with Gasteiger partial charge in [0.05, 0.1) is 20.3 Å². The maximum absolute atomic E-state index is 11.0. The first kappa shape index (κ1) is 23.7. The van der Waals surface area contributed by atoms with E-state index in [-0.39, 0.29) is 0 Å². The van der Waals surface area contributed by atoms with Crippen LogP contribution in [0.25, 0.3) is 0 Å². The first-order valence-electron chi connectivity index (χ1n) is 10.7. The van der Waals surface area contributed by atoms with Crippen molar-refractivity contribution >= 4 is 18.0 Å². The lowest BCUT2D eigenvalue weighted by Gasteiger charge is -2.12. The van der Waals surface area contributed by atoms with Gasteiger partial charge in [0.2, 0.25) is 0 Å². The Balaban J connectivity index is 1.51. The number of hydrogen-bond donors (Lipinski definition) is 0. The first-order valence-corrected chi connectivity index (χ1v) is 11.7. The van der Waals surface area contributed by atoms with Crippen LogP contribution in [0.1, 0.15) is 42.0 Å². The van der Waals surface area contributed by atoms with Crippen LogP contribution in [-0.2, 0) is 13.0 Å². The number of nitrogens with zero attached hydrogens (tertiary/aromatic N) is 3. The van der Waals surface area contributed by atoms with Crippen molar-refractivity contribution in [2.45, 2.75) is 38.4 Å². The molecule has 8 heteroatoms. The fourth-order valence-corrected chi connectivity index (χ4v) is 4.12. The van der Waals surface area contributed by atoms with Crippen LogP contribution in [0.5, 0.6) is 17.2 Å². The molecule has 2 aromatic carbocycles. The summed E-state index contributed by atoms with van der Waals surface area (Å²) in [4.78, 5) is 11.0. The summed E-state index contributed by atoms with van der Waals surface area (Å²) in [6.45, 7) is 5.89. The van der Waals surface area contributed by atoms with E-state index in [9.17, 15) is 4.79 Å². The van der Waals surface area contributed by atoms with Gasteiger partial charge in [-0.15, -0.1) is 10.2 Å². The third-order valence-electron chi connectivity index (χ3n) is 4.81. The molecule has 7 nitrogen and oxygen atoms in total. The predicted molar refractivity (Wildman–Crippen MR) is 125 cm³/mol. The summed E-state index contributed by atoms with van der Waals surface area (Å²) in [6, 6.07) is 13.2. The van der Waals surface area contributed by atoms with Crippen molar-refractivity contribution in [2.24, 2.45) is 0 Å². The minimum absolute atomic E-state index is 0.514. The maximum atomic E-state index is 11.0. The van der Waals surface area contributed by atoms with Crippen LogP contribution in [0.3, 0.4) is 0 Å². The molecule has 0 radical (unpaired) electrons. The van der Waals surface area contributed by atoms with Gasteiger partial charge in [0.15, 0.2) is 16.7 Å². The van der Waals surface area contributed by atoms with E-state index >= 15 is 0 Å². The number of carbonyl (C=O) groups excluding carboxylic acids is 1. The summed E-state index contributed by atoms with van der Waals surface area (Å²) < 4.78 is 18.8. The lowest BCUT2D eigenvalue weighted by Crippen LogP contribution is -2.05. The summed E-state index contributed by atoms with van der Waals surface area (Å²) in [5.41, 5.74) is 1.74. The minimum atomic E-state index is 0.514. The molecule has 0 saturated carbocycles. The number of hydrogen-bond acceptors (Lipinski definition) is 7. The molecule has 1 aromatic heterocycles. The number of carbonyl (C=O) groups is 1. The lowest BCUT2D eigenvalue weighted by molar-refractivity contribution is 0.112. The molecule has 1 heterocycles. The van der Waals surface area contributed by atoms with Crippen LogP contribution in [0, 0.1) is 0 Å². The van der Waals surface area contributed by atoms with Crippen molar-refractivity contribution in [1.82, 2.24) is 14.8 Å². The summed E-state index contributed by atoms with van der Waals surface area (Å²) >= 11 is 1.68. The van der Waals surface area contributed by atoms with Gasteiger partial charge in [-0.25, -0.2) is 0 Å². The number of aromatic nitrogens is 3. The summed E-state index contributed by atoms with van der Waals surface area (Å²) in [6.07, 6.45) is 2.37. The molecule has 3 aromatic rings. The minimum Gasteiger partial charge on any atom is -0.497 e.